The maximum absolute atomic E-state index is 12.6. The Bertz CT molecular complexity index is 212. The zero-order valence-corrected chi connectivity index (χ0v) is 10.3. The Morgan fingerprint density at radius 2 is 1.40 bits per heavy atom. The van der Waals surface area contributed by atoms with E-state index in [1.54, 1.807) is 31.8 Å². The third-order valence-electron chi connectivity index (χ3n) is 2.68. The van der Waals surface area contributed by atoms with E-state index in [9.17, 15) is 22.0 Å². The molecule has 15 heavy (non-hydrogen) atoms. The van der Waals surface area contributed by atoms with Gasteiger partial charge in [0.2, 0.25) is 0 Å². The largest absolute Gasteiger partial charge is 0.453 e. The summed E-state index contributed by atoms with van der Waals surface area (Å²) in [7, 11) is 1.30. The molecular weight excluding hydrogens is 233 g/mol. The van der Waals surface area contributed by atoms with Crippen LogP contribution < -0.4 is 0 Å². The average molecular weight is 249 g/mol. The molecule has 0 atom stereocenters. The number of nitrogens with zero attached hydrogens (tertiary/aromatic N) is 1. The van der Waals surface area contributed by atoms with Crippen LogP contribution in [0.5, 0.6) is 0 Å². The van der Waals surface area contributed by atoms with Gasteiger partial charge in [0.05, 0.1) is 0 Å². The maximum Gasteiger partial charge on any atom is 0.453 e. The molecule has 0 aliphatic carbocycles. The highest BCUT2D eigenvalue weighted by Gasteiger charge is 2.57. The second-order valence-corrected chi connectivity index (χ2v) is 9.43. The smallest absolute Gasteiger partial charge is 0.329 e. The van der Waals surface area contributed by atoms with Crippen LogP contribution in [0.3, 0.4) is 0 Å². The van der Waals surface area contributed by atoms with Crippen LogP contribution >= 0.6 is 0 Å². The summed E-state index contributed by atoms with van der Waals surface area (Å²) >= 11 is 0. The van der Waals surface area contributed by atoms with Gasteiger partial charge in [-0.2, -0.15) is 22.0 Å². The van der Waals surface area contributed by atoms with E-state index in [1.165, 1.54) is 0 Å². The van der Waals surface area contributed by atoms with Gasteiger partial charge in [0, 0.05) is 6.42 Å². The molecule has 0 bridgehead atoms. The molecule has 0 saturated carbocycles. The Morgan fingerprint density at radius 3 is 1.67 bits per heavy atom. The van der Waals surface area contributed by atoms with Crippen molar-refractivity contribution in [2.45, 2.75) is 37.7 Å². The van der Waals surface area contributed by atoms with E-state index in [0.29, 0.717) is 0 Å². The monoisotopic (exact) mass is 249 g/mol. The van der Waals surface area contributed by atoms with Gasteiger partial charge in [-0.25, -0.2) is 0 Å². The van der Waals surface area contributed by atoms with Crippen LogP contribution in [-0.4, -0.2) is 39.0 Å². The molecule has 0 aromatic heterocycles. The summed E-state index contributed by atoms with van der Waals surface area (Å²) in [6, 6.07) is -0.0769. The van der Waals surface area contributed by atoms with Gasteiger partial charge in [0.25, 0.3) is 0 Å². The van der Waals surface area contributed by atoms with Gasteiger partial charge in [-0.1, -0.05) is 13.1 Å². The summed E-state index contributed by atoms with van der Waals surface area (Å²) in [4.78, 5) is 0. The van der Waals surface area contributed by atoms with Crippen LogP contribution in [0, 0.1) is 0 Å². The molecule has 7 heteroatoms. The van der Waals surface area contributed by atoms with Crippen molar-refractivity contribution in [3.8, 4) is 0 Å². The van der Waals surface area contributed by atoms with Crippen molar-refractivity contribution in [2.24, 2.45) is 0 Å². The summed E-state index contributed by atoms with van der Waals surface area (Å²) in [5.74, 6) is -4.56. The molecule has 0 amide bonds. The minimum Gasteiger partial charge on any atom is -0.329 e. The van der Waals surface area contributed by atoms with Crippen molar-refractivity contribution in [2.75, 3.05) is 14.1 Å². The molecule has 0 aliphatic heterocycles. The van der Waals surface area contributed by atoms with E-state index in [0.717, 1.165) is 0 Å². The number of hydrogen-bond acceptors (Lipinski definition) is 1. The molecule has 0 saturated heterocycles. The minimum absolute atomic E-state index is 0.0769. The van der Waals surface area contributed by atoms with Gasteiger partial charge in [-0.05, 0) is 20.1 Å². The molecule has 0 N–H and O–H groups in total. The van der Waals surface area contributed by atoms with E-state index in [-0.39, 0.29) is 6.04 Å². The molecular formula is C8H16F5NSi. The molecule has 0 aromatic rings. The summed E-state index contributed by atoms with van der Waals surface area (Å²) < 4.78 is 62.6. The first-order valence-electron chi connectivity index (χ1n) is 4.52. The second-order valence-electron chi connectivity index (χ2n) is 4.41. The van der Waals surface area contributed by atoms with Crippen LogP contribution in [0.1, 0.15) is 6.42 Å². The lowest BCUT2D eigenvalue weighted by Gasteiger charge is -2.32. The third kappa shape index (κ3) is 4.06. The SMILES string of the molecule is CN(C)[Si](C)(C)CCC(F)(F)C(F)(F)F. The molecule has 0 rings (SSSR count). The Hall–Kier alpha value is -0.173. The van der Waals surface area contributed by atoms with Crippen LogP contribution in [0.15, 0.2) is 0 Å². The Balaban J connectivity index is 4.40. The van der Waals surface area contributed by atoms with Gasteiger partial charge in [-0.15, -0.1) is 0 Å². The van der Waals surface area contributed by atoms with E-state index in [4.69, 9.17) is 0 Å². The van der Waals surface area contributed by atoms with Gasteiger partial charge in [0.1, 0.15) is 8.24 Å². The van der Waals surface area contributed by atoms with E-state index < -0.39 is 26.8 Å². The summed E-state index contributed by atoms with van der Waals surface area (Å²) in [6.45, 7) is 3.53. The highest BCUT2D eigenvalue weighted by molar-refractivity contribution is 6.74. The number of halogens is 5. The highest BCUT2D eigenvalue weighted by Crippen LogP contribution is 2.40. The minimum atomic E-state index is -5.43. The van der Waals surface area contributed by atoms with Crippen LogP contribution in [0.2, 0.25) is 19.1 Å². The van der Waals surface area contributed by atoms with Gasteiger partial charge in [0.15, 0.2) is 0 Å². The molecule has 0 unspecified atom stereocenters. The molecule has 0 spiro atoms. The van der Waals surface area contributed by atoms with Crippen molar-refractivity contribution >= 4 is 8.24 Å². The molecule has 0 aliphatic rings. The summed E-state index contributed by atoms with van der Waals surface area (Å²) in [6.07, 6.45) is -6.54. The van der Waals surface area contributed by atoms with Gasteiger partial charge in [-0.3, -0.25) is 0 Å². The summed E-state index contributed by atoms with van der Waals surface area (Å²) in [5, 5.41) is 0. The van der Waals surface area contributed by atoms with Gasteiger partial charge < -0.3 is 4.57 Å². The fourth-order valence-corrected chi connectivity index (χ4v) is 2.20. The van der Waals surface area contributed by atoms with Crippen molar-refractivity contribution in [1.29, 1.82) is 0 Å². The predicted octanol–water partition coefficient (Wildman–Crippen LogP) is 3.34. The van der Waals surface area contributed by atoms with Crippen molar-refractivity contribution in [1.82, 2.24) is 4.57 Å². The highest BCUT2D eigenvalue weighted by atomic mass is 28.3. The van der Waals surface area contributed by atoms with Gasteiger partial charge >= 0.3 is 12.1 Å². The first kappa shape index (κ1) is 14.8. The standard InChI is InChI=1S/C8H16F5NSi/c1-14(2)15(3,4)6-5-7(9,10)8(11,12)13/h5-6H2,1-4H3. The van der Waals surface area contributed by atoms with Crippen LogP contribution in [0.4, 0.5) is 22.0 Å². The Morgan fingerprint density at radius 1 is 1.00 bits per heavy atom. The third-order valence-corrected chi connectivity index (χ3v) is 6.57. The average Bonchev–Trinajstić information content (AvgIpc) is 1.99. The fourth-order valence-electron chi connectivity index (χ4n) is 0.828. The zero-order chi connectivity index (χ0) is 12.5. The second kappa shape index (κ2) is 4.37. The Labute approximate surface area is 87.3 Å². The number of alkyl halides is 5. The van der Waals surface area contributed by atoms with E-state index in [2.05, 4.69) is 0 Å². The molecule has 0 aromatic carbocycles. The van der Waals surface area contributed by atoms with Crippen molar-refractivity contribution < 1.29 is 22.0 Å². The zero-order valence-electron chi connectivity index (χ0n) is 9.25. The summed E-state index contributed by atoms with van der Waals surface area (Å²) in [5.41, 5.74) is 0. The van der Waals surface area contributed by atoms with E-state index in [1.807, 2.05) is 0 Å². The van der Waals surface area contributed by atoms with E-state index >= 15 is 0 Å². The lowest BCUT2D eigenvalue weighted by atomic mass is 10.2. The first-order chi connectivity index (χ1) is 6.40. The lowest BCUT2D eigenvalue weighted by molar-refractivity contribution is -0.282. The molecule has 0 heterocycles. The molecule has 1 nitrogen and oxygen atoms in total. The lowest BCUT2D eigenvalue weighted by Crippen LogP contribution is -2.46. The molecule has 0 radical (unpaired) electrons. The first-order valence-corrected chi connectivity index (χ1v) is 7.67. The normalized spacial score (nSPS) is 14.8. The van der Waals surface area contributed by atoms with Crippen LogP contribution in [0.25, 0.3) is 0 Å². The topological polar surface area (TPSA) is 3.24 Å². The quantitative estimate of drug-likeness (QED) is 0.545. The van der Waals surface area contributed by atoms with Crippen molar-refractivity contribution in [3.05, 3.63) is 0 Å². The van der Waals surface area contributed by atoms with Crippen molar-refractivity contribution in [3.63, 3.8) is 0 Å². The molecule has 92 valence electrons. The fraction of sp³-hybridized carbons (Fsp3) is 1.00. The van der Waals surface area contributed by atoms with Crippen LogP contribution in [-0.2, 0) is 0 Å². The number of rotatable bonds is 4. The predicted molar refractivity (Wildman–Crippen MR) is 51.6 cm³/mol. The number of hydrogen-bond donors (Lipinski definition) is 0. The Kier molecular flexibility index (Phi) is 4.32. The maximum atomic E-state index is 12.6. The molecule has 0 fully saturated rings.